The number of piperidine rings is 1. The number of anilines is 1. The quantitative estimate of drug-likeness (QED) is 0.821. The molecule has 0 N–H and O–H groups in total. The third kappa shape index (κ3) is 2.70. The number of hydrogen-bond donors (Lipinski definition) is 0. The Labute approximate surface area is 112 Å². The molecule has 0 spiro atoms. The fraction of sp³-hybridized carbons (Fsp3) is 0.429. The molecule has 3 rings (SSSR count). The normalized spacial score (nSPS) is 19.4. The lowest BCUT2D eigenvalue weighted by Gasteiger charge is -2.32. The van der Waals surface area contributed by atoms with Gasteiger partial charge in [0.15, 0.2) is 0 Å². The van der Waals surface area contributed by atoms with Crippen LogP contribution in [0.3, 0.4) is 0 Å². The Morgan fingerprint density at radius 1 is 1.16 bits per heavy atom. The van der Waals surface area contributed by atoms with Crippen molar-refractivity contribution in [2.45, 2.75) is 25.7 Å². The van der Waals surface area contributed by atoms with E-state index in [2.05, 4.69) is 24.8 Å². The van der Waals surface area contributed by atoms with Crippen molar-refractivity contribution in [3.63, 3.8) is 0 Å². The van der Waals surface area contributed by atoms with Crippen LogP contribution in [0.2, 0.25) is 0 Å². The van der Waals surface area contributed by atoms with Gasteiger partial charge in [-0.2, -0.15) is 0 Å². The van der Waals surface area contributed by atoms with E-state index in [0.29, 0.717) is 5.92 Å². The van der Waals surface area contributed by atoms with Gasteiger partial charge in [-0.3, -0.25) is 0 Å². The van der Waals surface area contributed by atoms with Gasteiger partial charge in [0.25, 0.3) is 0 Å². The Balaban J connectivity index is 1.78. The third-order valence-corrected chi connectivity index (χ3v) is 3.47. The smallest absolute Gasteiger partial charge is 0.225 e. The van der Waals surface area contributed by atoms with Crippen LogP contribution >= 0.6 is 0 Å². The number of aryl methyl sites for hydroxylation is 1. The lowest BCUT2D eigenvalue weighted by Crippen LogP contribution is -2.35. The Morgan fingerprint density at radius 3 is 2.79 bits per heavy atom. The molecule has 1 aliphatic rings. The lowest BCUT2D eigenvalue weighted by atomic mass is 9.95. The first-order valence-corrected chi connectivity index (χ1v) is 6.64. The van der Waals surface area contributed by atoms with Gasteiger partial charge in [-0.1, -0.05) is 0 Å². The van der Waals surface area contributed by atoms with E-state index >= 15 is 0 Å². The Hall–Kier alpha value is -2.04. The first kappa shape index (κ1) is 12.0. The molecule has 5 heteroatoms. The summed E-state index contributed by atoms with van der Waals surface area (Å²) in [5.41, 5.74) is 1.13. The van der Waals surface area contributed by atoms with Gasteiger partial charge >= 0.3 is 0 Å². The van der Waals surface area contributed by atoms with Gasteiger partial charge in [0.1, 0.15) is 5.82 Å². The van der Waals surface area contributed by atoms with E-state index in [1.165, 1.54) is 6.42 Å². The highest BCUT2D eigenvalue weighted by Gasteiger charge is 2.23. The molecule has 1 atom stereocenters. The molecule has 0 amide bonds. The summed E-state index contributed by atoms with van der Waals surface area (Å²) in [6.07, 6.45) is 7.74. The van der Waals surface area contributed by atoms with Crippen LogP contribution in [-0.2, 0) is 0 Å². The van der Waals surface area contributed by atoms with E-state index in [9.17, 15) is 0 Å². The maximum absolute atomic E-state index is 4.55. The van der Waals surface area contributed by atoms with E-state index in [1.807, 2.05) is 25.3 Å². The van der Waals surface area contributed by atoms with E-state index in [1.54, 1.807) is 12.4 Å². The van der Waals surface area contributed by atoms with E-state index in [4.69, 9.17) is 0 Å². The summed E-state index contributed by atoms with van der Waals surface area (Å²) in [5, 5.41) is 0. The van der Waals surface area contributed by atoms with Gasteiger partial charge in [0, 0.05) is 43.3 Å². The predicted octanol–water partition coefficient (Wildman–Crippen LogP) is 1.96. The number of rotatable bonds is 2. The Kier molecular flexibility index (Phi) is 3.35. The van der Waals surface area contributed by atoms with E-state index in [0.717, 1.165) is 37.0 Å². The molecule has 0 unspecified atom stereocenters. The first-order chi connectivity index (χ1) is 9.33. The first-order valence-electron chi connectivity index (χ1n) is 6.64. The van der Waals surface area contributed by atoms with Crippen LogP contribution in [0.15, 0.2) is 30.7 Å². The summed E-state index contributed by atoms with van der Waals surface area (Å²) in [6, 6.07) is 3.87. The molecule has 0 aliphatic carbocycles. The maximum Gasteiger partial charge on any atom is 0.225 e. The Bertz CT molecular complexity index is 543. The van der Waals surface area contributed by atoms with Crippen LogP contribution in [0.1, 0.15) is 30.3 Å². The van der Waals surface area contributed by atoms with Gasteiger partial charge < -0.3 is 4.90 Å². The van der Waals surface area contributed by atoms with Crippen LogP contribution in [0.4, 0.5) is 5.95 Å². The number of nitrogens with zero attached hydrogens (tertiary/aromatic N) is 5. The second-order valence-electron chi connectivity index (χ2n) is 4.86. The highest BCUT2D eigenvalue weighted by atomic mass is 15.2. The third-order valence-electron chi connectivity index (χ3n) is 3.47. The van der Waals surface area contributed by atoms with Crippen LogP contribution in [0, 0.1) is 6.92 Å². The van der Waals surface area contributed by atoms with Crippen LogP contribution < -0.4 is 4.90 Å². The zero-order valence-corrected chi connectivity index (χ0v) is 11.0. The fourth-order valence-corrected chi connectivity index (χ4v) is 2.56. The van der Waals surface area contributed by atoms with E-state index < -0.39 is 0 Å². The molecule has 1 saturated heterocycles. The molecule has 0 radical (unpaired) electrons. The van der Waals surface area contributed by atoms with Crippen LogP contribution in [0.25, 0.3) is 0 Å². The minimum atomic E-state index is 0.444. The standard InChI is InChI=1S/C14H17N5/c1-11-15-8-5-13(18-11)12-4-2-9-19(10-12)14-16-6-3-7-17-14/h3,5-8,12H,2,4,9-10H2,1H3/t12-/m0/s1. The second kappa shape index (κ2) is 5.30. The van der Waals surface area contributed by atoms with Crippen molar-refractivity contribution >= 4 is 5.95 Å². The molecule has 1 aliphatic heterocycles. The summed E-state index contributed by atoms with van der Waals surface area (Å²) >= 11 is 0. The minimum absolute atomic E-state index is 0.444. The molecule has 5 nitrogen and oxygen atoms in total. The van der Waals surface area contributed by atoms with Crippen molar-refractivity contribution in [2.24, 2.45) is 0 Å². The summed E-state index contributed by atoms with van der Waals surface area (Å²) in [6.45, 7) is 3.88. The molecule has 3 heterocycles. The molecule has 98 valence electrons. The topological polar surface area (TPSA) is 54.8 Å². The number of aromatic nitrogens is 4. The highest BCUT2D eigenvalue weighted by Crippen LogP contribution is 2.27. The van der Waals surface area contributed by atoms with Crippen molar-refractivity contribution in [2.75, 3.05) is 18.0 Å². The van der Waals surface area contributed by atoms with Gasteiger partial charge in [0.05, 0.1) is 0 Å². The van der Waals surface area contributed by atoms with Crippen molar-refractivity contribution in [3.8, 4) is 0 Å². The molecule has 19 heavy (non-hydrogen) atoms. The van der Waals surface area contributed by atoms with Crippen LogP contribution in [0.5, 0.6) is 0 Å². The number of hydrogen-bond acceptors (Lipinski definition) is 5. The zero-order chi connectivity index (χ0) is 13.1. The fourth-order valence-electron chi connectivity index (χ4n) is 2.56. The van der Waals surface area contributed by atoms with Gasteiger partial charge in [-0.15, -0.1) is 0 Å². The summed E-state index contributed by atoms with van der Waals surface area (Å²) in [7, 11) is 0. The predicted molar refractivity (Wildman–Crippen MR) is 73.0 cm³/mol. The second-order valence-corrected chi connectivity index (χ2v) is 4.86. The van der Waals surface area contributed by atoms with Gasteiger partial charge in [-0.05, 0) is 31.9 Å². The Morgan fingerprint density at radius 2 is 2.00 bits per heavy atom. The summed E-state index contributed by atoms with van der Waals surface area (Å²) in [4.78, 5) is 19.6. The van der Waals surface area contributed by atoms with E-state index in [-0.39, 0.29) is 0 Å². The minimum Gasteiger partial charge on any atom is -0.340 e. The van der Waals surface area contributed by atoms with Crippen molar-refractivity contribution in [3.05, 3.63) is 42.2 Å². The van der Waals surface area contributed by atoms with Crippen molar-refractivity contribution < 1.29 is 0 Å². The van der Waals surface area contributed by atoms with Gasteiger partial charge in [0.2, 0.25) is 5.95 Å². The molecular weight excluding hydrogens is 238 g/mol. The van der Waals surface area contributed by atoms with Crippen LogP contribution in [-0.4, -0.2) is 33.0 Å². The lowest BCUT2D eigenvalue weighted by molar-refractivity contribution is 0.493. The largest absolute Gasteiger partial charge is 0.340 e. The molecule has 2 aromatic heterocycles. The van der Waals surface area contributed by atoms with Crippen molar-refractivity contribution in [1.29, 1.82) is 0 Å². The molecule has 2 aromatic rings. The summed E-state index contributed by atoms with van der Waals surface area (Å²) in [5.74, 6) is 2.10. The SMILES string of the molecule is Cc1nccc([C@H]2CCCN(c3ncccn3)C2)n1. The maximum atomic E-state index is 4.55. The average molecular weight is 255 g/mol. The molecule has 0 aromatic carbocycles. The van der Waals surface area contributed by atoms with Gasteiger partial charge in [-0.25, -0.2) is 19.9 Å². The highest BCUT2D eigenvalue weighted by molar-refractivity contribution is 5.31. The molecule has 1 fully saturated rings. The van der Waals surface area contributed by atoms with Crippen molar-refractivity contribution in [1.82, 2.24) is 19.9 Å². The summed E-state index contributed by atoms with van der Waals surface area (Å²) < 4.78 is 0. The molecule has 0 saturated carbocycles. The zero-order valence-electron chi connectivity index (χ0n) is 11.0. The average Bonchev–Trinajstić information content (AvgIpc) is 2.48. The monoisotopic (exact) mass is 255 g/mol. The molecular formula is C14H17N5. The molecule has 0 bridgehead atoms.